The van der Waals surface area contributed by atoms with Gasteiger partial charge >= 0.3 is 0 Å². The number of carbonyl (C=O) groups excluding carboxylic acids is 2. The minimum atomic E-state index is -0.410. The molecule has 9 nitrogen and oxygen atoms in total. The van der Waals surface area contributed by atoms with Gasteiger partial charge in [0.25, 0.3) is 11.8 Å². The van der Waals surface area contributed by atoms with Crippen molar-refractivity contribution in [1.82, 2.24) is 10.4 Å². The SMILES string of the molecule is COc1ccc(OC)c(NC(=O)c2oc3c(c2C)/C(=N/NC(=O)c2cccnc2)CCC3)c1. The molecule has 0 spiro atoms. The van der Waals surface area contributed by atoms with E-state index in [1.165, 1.54) is 13.3 Å². The summed E-state index contributed by atoms with van der Waals surface area (Å²) in [6.45, 7) is 1.81. The Labute approximate surface area is 190 Å². The second-order valence-corrected chi connectivity index (χ2v) is 7.47. The van der Waals surface area contributed by atoms with E-state index in [9.17, 15) is 9.59 Å². The molecule has 0 radical (unpaired) electrons. The summed E-state index contributed by atoms with van der Waals surface area (Å²) in [5, 5.41) is 7.16. The number of furan rings is 1. The number of fused-ring (bicyclic) bond motifs is 1. The van der Waals surface area contributed by atoms with Gasteiger partial charge in [0, 0.05) is 36.0 Å². The molecule has 0 bridgehead atoms. The van der Waals surface area contributed by atoms with Gasteiger partial charge in [-0.05, 0) is 44.0 Å². The van der Waals surface area contributed by atoms with Gasteiger partial charge in [-0.2, -0.15) is 5.10 Å². The average Bonchev–Trinajstić information content (AvgIpc) is 3.20. The highest BCUT2D eigenvalue weighted by atomic mass is 16.5. The quantitative estimate of drug-likeness (QED) is 0.556. The summed E-state index contributed by atoms with van der Waals surface area (Å²) in [4.78, 5) is 29.4. The molecule has 2 amide bonds. The molecule has 9 heteroatoms. The molecule has 1 aromatic carbocycles. The topological polar surface area (TPSA) is 115 Å². The van der Waals surface area contributed by atoms with E-state index < -0.39 is 5.91 Å². The van der Waals surface area contributed by atoms with E-state index in [0.29, 0.717) is 52.6 Å². The van der Waals surface area contributed by atoms with Gasteiger partial charge in [-0.3, -0.25) is 14.6 Å². The number of nitrogens with zero attached hydrogens (tertiary/aromatic N) is 2. The monoisotopic (exact) mass is 448 g/mol. The zero-order valence-corrected chi connectivity index (χ0v) is 18.6. The lowest BCUT2D eigenvalue weighted by molar-refractivity contribution is 0.0953. The number of hydrazone groups is 1. The predicted octanol–water partition coefficient (Wildman–Crippen LogP) is 3.72. The molecule has 2 aromatic heterocycles. The lowest BCUT2D eigenvalue weighted by atomic mass is 9.93. The molecule has 0 saturated carbocycles. The summed E-state index contributed by atoms with van der Waals surface area (Å²) >= 11 is 0. The molecule has 0 unspecified atom stereocenters. The number of benzene rings is 1. The van der Waals surface area contributed by atoms with Crippen molar-refractivity contribution in [2.45, 2.75) is 26.2 Å². The first-order chi connectivity index (χ1) is 16.0. The minimum absolute atomic E-state index is 0.193. The van der Waals surface area contributed by atoms with E-state index in [1.54, 1.807) is 43.6 Å². The third-order valence-corrected chi connectivity index (χ3v) is 5.40. The lowest BCUT2D eigenvalue weighted by Gasteiger charge is -2.13. The third-order valence-electron chi connectivity index (χ3n) is 5.40. The Morgan fingerprint density at radius 3 is 2.70 bits per heavy atom. The van der Waals surface area contributed by atoms with Crippen LogP contribution >= 0.6 is 0 Å². The number of aryl methyl sites for hydroxylation is 1. The maximum absolute atomic E-state index is 13.1. The van der Waals surface area contributed by atoms with Crippen molar-refractivity contribution in [3.8, 4) is 11.5 Å². The summed E-state index contributed by atoms with van der Waals surface area (Å²) in [7, 11) is 3.07. The van der Waals surface area contributed by atoms with E-state index in [-0.39, 0.29) is 11.7 Å². The number of carbonyl (C=O) groups is 2. The molecule has 0 atom stereocenters. The van der Waals surface area contributed by atoms with Gasteiger partial charge in [-0.15, -0.1) is 0 Å². The van der Waals surface area contributed by atoms with Crippen molar-refractivity contribution in [2.75, 3.05) is 19.5 Å². The van der Waals surface area contributed by atoms with Crippen LogP contribution in [0.1, 0.15) is 50.6 Å². The van der Waals surface area contributed by atoms with E-state index in [2.05, 4.69) is 20.8 Å². The number of hydrogen-bond donors (Lipinski definition) is 2. The fourth-order valence-corrected chi connectivity index (χ4v) is 3.77. The van der Waals surface area contributed by atoms with Crippen LogP contribution in [-0.2, 0) is 6.42 Å². The van der Waals surface area contributed by atoms with Crippen LogP contribution in [0, 0.1) is 6.92 Å². The van der Waals surface area contributed by atoms with Gasteiger partial charge < -0.3 is 19.2 Å². The smallest absolute Gasteiger partial charge is 0.291 e. The lowest BCUT2D eigenvalue weighted by Crippen LogP contribution is -2.22. The van der Waals surface area contributed by atoms with E-state index in [1.807, 2.05) is 6.92 Å². The highest BCUT2D eigenvalue weighted by molar-refractivity contribution is 6.10. The molecule has 0 aliphatic heterocycles. The Bertz CT molecular complexity index is 1220. The van der Waals surface area contributed by atoms with Crippen LogP contribution in [-0.4, -0.2) is 36.7 Å². The summed E-state index contributed by atoms with van der Waals surface area (Å²) in [6.07, 6.45) is 5.21. The fourth-order valence-electron chi connectivity index (χ4n) is 3.77. The molecule has 0 saturated heterocycles. The minimum Gasteiger partial charge on any atom is -0.497 e. The first kappa shape index (κ1) is 22.1. The van der Waals surface area contributed by atoms with Gasteiger partial charge in [0.05, 0.1) is 31.2 Å². The predicted molar refractivity (Wildman–Crippen MR) is 122 cm³/mol. The molecule has 33 heavy (non-hydrogen) atoms. The van der Waals surface area contributed by atoms with Crippen molar-refractivity contribution >= 4 is 23.2 Å². The number of aromatic nitrogens is 1. The van der Waals surface area contributed by atoms with Gasteiger partial charge in [0.2, 0.25) is 0 Å². The summed E-state index contributed by atoms with van der Waals surface area (Å²) in [5.41, 5.74) is 5.56. The summed E-state index contributed by atoms with van der Waals surface area (Å²) in [6, 6.07) is 8.48. The maximum Gasteiger partial charge on any atom is 0.291 e. The first-order valence-electron chi connectivity index (χ1n) is 10.4. The number of pyridine rings is 1. The average molecular weight is 448 g/mol. The Hall–Kier alpha value is -4.14. The van der Waals surface area contributed by atoms with Crippen molar-refractivity contribution in [2.24, 2.45) is 5.10 Å². The summed E-state index contributed by atoms with van der Waals surface area (Å²) < 4.78 is 16.5. The van der Waals surface area contributed by atoms with Crippen LogP contribution in [0.2, 0.25) is 0 Å². The van der Waals surface area contributed by atoms with Crippen molar-refractivity contribution < 1.29 is 23.5 Å². The van der Waals surface area contributed by atoms with Crippen LogP contribution in [0.25, 0.3) is 0 Å². The van der Waals surface area contributed by atoms with Crippen LogP contribution in [0.5, 0.6) is 11.5 Å². The number of hydrogen-bond acceptors (Lipinski definition) is 7. The van der Waals surface area contributed by atoms with Crippen LogP contribution in [0.3, 0.4) is 0 Å². The number of methoxy groups -OCH3 is 2. The number of ether oxygens (including phenoxy) is 2. The molecule has 1 aliphatic carbocycles. The molecule has 3 aromatic rings. The van der Waals surface area contributed by atoms with Crippen molar-refractivity contribution in [3.05, 3.63) is 70.9 Å². The highest BCUT2D eigenvalue weighted by Gasteiger charge is 2.28. The van der Waals surface area contributed by atoms with Crippen LogP contribution in [0.15, 0.2) is 52.2 Å². The Balaban J connectivity index is 1.59. The molecule has 4 rings (SSSR count). The van der Waals surface area contributed by atoms with Gasteiger partial charge in [0.1, 0.15) is 17.3 Å². The fraction of sp³-hybridized carbons (Fsp3) is 0.250. The molecule has 1 aliphatic rings. The Morgan fingerprint density at radius 2 is 1.97 bits per heavy atom. The summed E-state index contributed by atoms with van der Waals surface area (Å²) in [5.74, 6) is 1.19. The zero-order chi connectivity index (χ0) is 23.4. The van der Waals surface area contributed by atoms with Crippen LogP contribution < -0.4 is 20.2 Å². The number of rotatable bonds is 6. The van der Waals surface area contributed by atoms with Gasteiger partial charge in [-0.25, -0.2) is 5.43 Å². The standard InChI is InChI=1S/C24H24N4O5/c1-14-21-17(27-28-23(29)15-6-5-11-25-13-15)7-4-8-20(21)33-22(14)24(30)26-18-12-16(31-2)9-10-19(18)32-3/h5-6,9-13H,4,7-8H2,1-3H3,(H,26,30)(H,28,29)/b27-17+. The number of anilines is 1. The molecule has 0 fully saturated rings. The maximum atomic E-state index is 13.1. The van der Waals surface area contributed by atoms with E-state index in [0.717, 1.165) is 12.0 Å². The number of nitrogens with one attached hydrogen (secondary N) is 2. The van der Waals surface area contributed by atoms with Crippen molar-refractivity contribution in [3.63, 3.8) is 0 Å². The molecule has 170 valence electrons. The van der Waals surface area contributed by atoms with Gasteiger partial charge in [-0.1, -0.05) is 0 Å². The van der Waals surface area contributed by atoms with E-state index >= 15 is 0 Å². The first-order valence-corrected chi connectivity index (χ1v) is 10.4. The molecular formula is C24H24N4O5. The Morgan fingerprint density at radius 1 is 1.12 bits per heavy atom. The Kier molecular flexibility index (Phi) is 6.39. The zero-order valence-electron chi connectivity index (χ0n) is 18.6. The second-order valence-electron chi connectivity index (χ2n) is 7.47. The highest BCUT2D eigenvalue weighted by Crippen LogP contribution is 2.32. The molecular weight excluding hydrogens is 424 g/mol. The van der Waals surface area contributed by atoms with E-state index in [4.69, 9.17) is 13.9 Å². The van der Waals surface area contributed by atoms with Crippen molar-refractivity contribution in [1.29, 1.82) is 0 Å². The normalized spacial score (nSPS) is 13.8. The second kappa shape index (κ2) is 9.56. The number of amides is 2. The largest absolute Gasteiger partial charge is 0.497 e. The molecule has 2 N–H and O–H groups in total. The van der Waals surface area contributed by atoms with Gasteiger partial charge in [0.15, 0.2) is 5.76 Å². The third kappa shape index (κ3) is 4.57. The van der Waals surface area contributed by atoms with Crippen LogP contribution in [0.4, 0.5) is 5.69 Å². The molecule has 2 heterocycles.